The highest BCUT2D eigenvalue weighted by molar-refractivity contribution is 7.99. The first-order valence-corrected chi connectivity index (χ1v) is 8.15. The van der Waals surface area contributed by atoms with Crippen LogP contribution in [0.2, 0.25) is 0 Å². The molecule has 1 amide bonds. The van der Waals surface area contributed by atoms with E-state index in [-0.39, 0.29) is 5.91 Å². The largest absolute Gasteiger partial charge is 0.309 e. The van der Waals surface area contributed by atoms with Gasteiger partial charge in [0.05, 0.1) is 5.52 Å². The van der Waals surface area contributed by atoms with E-state index in [1.807, 2.05) is 23.9 Å². The molecule has 0 fully saturated rings. The molecule has 4 nitrogen and oxygen atoms in total. The van der Waals surface area contributed by atoms with Crippen molar-refractivity contribution in [2.24, 2.45) is 0 Å². The van der Waals surface area contributed by atoms with Crippen molar-refractivity contribution in [2.45, 2.75) is 18.7 Å². The summed E-state index contributed by atoms with van der Waals surface area (Å²) in [7, 11) is 0. The molecule has 22 heavy (non-hydrogen) atoms. The molecule has 0 radical (unpaired) electrons. The molecule has 0 saturated heterocycles. The monoisotopic (exact) mass is 311 g/mol. The predicted octanol–water partition coefficient (Wildman–Crippen LogP) is 4.30. The average molecular weight is 311 g/mol. The van der Waals surface area contributed by atoms with Crippen LogP contribution in [0.15, 0.2) is 47.4 Å². The van der Waals surface area contributed by atoms with Crippen molar-refractivity contribution in [3.63, 3.8) is 0 Å². The van der Waals surface area contributed by atoms with E-state index in [9.17, 15) is 4.79 Å². The number of hydrogen-bond acceptors (Lipinski definition) is 3. The van der Waals surface area contributed by atoms with Crippen molar-refractivity contribution in [2.75, 3.05) is 11.1 Å². The van der Waals surface area contributed by atoms with E-state index in [1.165, 1.54) is 11.8 Å². The molecule has 0 aliphatic rings. The van der Waals surface area contributed by atoms with Crippen molar-refractivity contribution < 1.29 is 4.79 Å². The van der Waals surface area contributed by atoms with Gasteiger partial charge < -0.3 is 5.32 Å². The van der Waals surface area contributed by atoms with Crippen LogP contribution < -0.4 is 5.32 Å². The quantitative estimate of drug-likeness (QED) is 0.706. The first kappa shape index (κ1) is 14.7. The Morgan fingerprint density at radius 1 is 1.18 bits per heavy atom. The molecular formula is C17H17N3OS. The smallest absolute Gasteiger partial charge is 0.222 e. The van der Waals surface area contributed by atoms with Crippen molar-refractivity contribution in [3.05, 3.63) is 42.5 Å². The normalized spacial score (nSPS) is 10.8. The molecule has 1 heterocycles. The Balaban J connectivity index is 1.93. The van der Waals surface area contributed by atoms with E-state index in [0.29, 0.717) is 5.82 Å². The van der Waals surface area contributed by atoms with Gasteiger partial charge in [-0.25, -0.2) is 0 Å². The molecule has 0 unspecified atom stereocenters. The number of rotatable bonds is 4. The summed E-state index contributed by atoms with van der Waals surface area (Å²) in [4.78, 5) is 12.4. The van der Waals surface area contributed by atoms with Crippen molar-refractivity contribution in [1.82, 2.24) is 10.2 Å². The second kappa shape index (κ2) is 6.23. The lowest BCUT2D eigenvalue weighted by molar-refractivity contribution is -0.114. The van der Waals surface area contributed by atoms with E-state index in [0.717, 1.165) is 27.8 Å². The zero-order chi connectivity index (χ0) is 15.5. The Hall–Kier alpha value is -2.27. The van der Waals surface area contributed by atoms with Crippen molar-refractivity contribution >= 4 is 34.4 Å². The number of aromatic nitrogens is 2. The molecule has 2 N–H and O–H groups in total. The lowest BCUT2D eigenvalue weighted by Crippen LogP contribution is -2.06. The molecule has 3 aromatic rings. The summed E-state index contributed by atoms with van der Waals surface area (Å²) in [6, 6.07) is 14.6. The highest BCUT2D eigenvalue weighted by Crippen LogP contribution is 2.28. The third kappa shape index (κ3) is 2.99. The second-order valence-corrected chi connectivity index (χ2v) is 6.31. The molecule has 0 aliphatic carbocycles. The lowest BCUT2D eigenvalue weighted by atomic mass is 10.0. The molecular weight excluding hydrogens is 294 g/mol. The van der Waals surface area contributed by atoms with Gasteiger partial charge in [-0.3, -0.25) is 9.89 Å². The Morgan fingerprint density at radius 2 is 1.91 bits per heavy atom. The van der Waals surface area contributed by atoms with Gasteiger partial charge in [0.1, 0.15) is 0 Å². The third-order valence-corrected chi connectivity index (χ3v) is 4.25. The first-order valence-electron chi connectivity index (χ1n) is 7.16. The number of amides is 1. The number of nitrogens with one attached hydrogen (secondary N) is 2. The van der Waals surface area contributed by atoms with Crippen LogP contribution in [-0.4, -0.2) is 21.9 Å². The predicted molar refractivity (Wildman–Crippen MR) is 92.2 cm³/mol. The summed E-state index contributed by atoms with van der Waals surface area (Å²) >= 11 is 1.83. The molecule has 0 spiro atoms. The van der Waals surface area contributed by atoms with E-state index in [1.54, 1.807) is 0 Å². The fraction of sp³-hybridized carbons (Fsp3) is 0.176. The maximum Gasteiger partial charge on any atom is 0.222 e. The second-order valence-electron chi connectivity index (χ2n) is 4.97. The first-order chi connectivity index (χ1) is 10.7. The molecule has 0 aliphatic heterocycles. The molecule has 0 bridgehead atoms. The molecule has 112 valence electrons. The van der Waals surface area contributed by atoms with Crippen LogP contribution in [0.5, 0.6) is 0 Å². The van der Waals surface area contributed by atoms with Crippen LogP contribution >= 0.6 is 11.8 Å². The number of thioether (sulfide) groups is 1. The number of carbonyl (C=O) groups is 1. The summed E-state index contributed by atoms with van der Waals surface area (Å²) in [6.07, 6.45) is 0. The highest BCUT2D eigenvalue weighted by atomic mass is 32.2. The van der Waals surface area contributed by atoms with Gasteiger partial charge in [0.2, 0.25) is 5.91 Å². The van der Waals surface area contributed by atoms with Gasteiger partial charge in [-0.2, -0.15) is 5.10 Å². The highest BCUT2D eigenvalue weighted by Gasteiger charge is 2.08. The van der Waals surface area contributed by atoms with Crippen LogP contribution in [0.1, 0.15) is 13.8 Å². The minimum Gasteiger partial charge on any atom is -0.309 e. The average Bonchev–Trinajstić information content (AvgIpc) is 2.90. The number of benzene rings is 2. The lowest BCUT2D eigenvalue weighted by Gasteiger charge is -2.04. The maximum atomic E-state index is 11.2. The van der Waals surface area contributed by atoms with Gasteiger partial charge >= 0.3 is 0 Å². The fourth-order valence-corrected chi connectivity index (χ4v) is 3.03. The van der Waals surface area contributed by atoms with E-state index < -0.39 is 0 Å². The Labute approximate surface area is 133 Å². The van der Waals surface area contributed by atoms with E-state index in [4.69, 9.17) is 0 Å². The van der Waals surface area contributed by atoms with E-state index >= 15 is 0 Å². The van der Waals surface area contributed by atoms with Crippen LogP contribution in [0, 0.1) is 0 Å². The summed E-state index contributed by atoms with van der Waals surface area (Å²) in [5.74, 6) is 1.52. The summed E-state index contributed by atoms with van der Waals surface area (Å²) in [6.45, 7) is 3.63. The minimum absolute atomic E-state index is 0.124. The number of carbonyl (C=O) groups excluding carboxylic acids is 1. The standard InChI is InChI=1S/C17H17N3OS/c1-3-22-14-7-4-12(5-8-14)13-6-9-15-16(10-13)19-20-17(15)18-11(2)21/h4-10H,3H2,1-2H3,(H2,18,19,20,21). The molecule has 5 heteroatoms. The number of H-pyrrole nitrogens is 1. The SMILES string of the molecule is CCSc1ccc(-c2ccc3c(NC(C)=O)n[nH]c3c2)cc1. The van der Waals surface area contributed by atoms with Gasteiger partial charge in [-0.15, -0.1) is 11.8 Å². The Kier molecular flexibility index (Phi) is 4.15. The van der Waals surface area contributed by atoms with Gasteiger partial charge in [0.15, 0.2) is 5.82 Å². The van der Waals surface area contributed by atoms with Gasteiger partial charge in [-0.05, 0) is 41.1 Å². The Morgan fingerprint density at radius 3 is 2.59 bits per heavy atom. The number of hydrogen-bond donors (Lipinski definition) is 2. The molecule has 1 aromatic heterocycles. The van der Waals surface area contributed by atoms with Crippen LogP contribution in [0.4, 0.5) is 5.82 Å². The van der Waals surface area contributed by atoms with Crippen LogP contribution in [0.25, 0.3) is 22.0 Å². The molecule has 2 aromatic carbocycles. The van der Waals surface area contributed by atoms with Gasteiger partial charge in [0.25, 0.3) is 0 Å². The maximum absolute atomic E-state index is 11.2. The molecule has 0 saturated carbocycles. The van der Waals surface area contributed by atoms with Gasteiger partial charge in [-0.1, -0.05) is 25.1 Å². The zero-order valence-electron chi connectivity index (χ0n) is 12.5. The zero-order valence-corrected chi connectivity index (χ0v) is 13.3. The summed E-state index contributed by atoms with van der Waals surface area (Å²) in [5, 5.41) is 10.8. The third-order valence-electron chi connectivity index (χ3n) is 3.36. The van der Waals surface area contributed by atoms with E-state index in [2.05, 4.69) is 52.8 Å². The van der Waals surface area contributed by atoms with Crippen molar-refractivity contribution in [1.29, 1.82) is 0 Å². The topological polar surface area (TPSA) is 57.8 Å². The number of fused-ring (bicyclic) bond motifs is 1. The fourth-order valence-electron chi connectivity index (χ4n) is 2.37. The van der Waals surface area contributed by atoms with Crippen molar-refractivity contribution in [3.8, 4) is 11.1 Å². The van der Waals surface area contributed by atoms with Gasteiger partial charge in [0, 0.05) is 17.2 Å². The van der Waals surface area contributed by atoms with Crippen LogP contribution in [0.3, 0.4) is 0 Å². The Bertz CT molecular complexity index is 808. The minimum atomic E-state index is -0.124. The molecule has 0 atom stereocenters. The summed E-state index contributed by atoms with van der Waals surface area (Å²) < 4.78 is 0. The van der Waals surface area contributed by atoms with Crippen LogP contribution in [-0.2, 0) is 4.79 Å². The number of anilines is 1. The summed E-state index contributed by atoms with van der Waals surface area (Å²) in [5.41, 5.74) is 3.20. The molecule has 3 rings (SSSR count). The number of aromatic amines is 1. The number of nitrogens with zero attached hydrogens (tertiary/aromatic N) is 1.